The van der Waals surface area contributed by atoms with Crippen molar-refractivity contribution in [1.82, 2.24) is 5.32 Å². The molecule has 2 heterocycles. The molecule has 3 rings (SSSR count). The van der Waals surface area contributed by atoms with Crippen LogP contribution in [0.1, 0.15) is 13.3 Å². The van der Waals surface area contributed by atoms with E-state index < -0.39 is 74.0 Å². The van der Waals surface area contributed by atoms with E-state index in [1.54, 1.807) is 30.3 Å². The Morgan fingerprint density at radius 3 is 2.31 bits per heavy atom. The molecule has 2 saturated heterocycles. The first kappa shape index (κ1) is 24.8. The Labute approximate surface area is 183 Å². The van der Waals surface area contributed by atoms with Crippen LogP contribution in [0.5, 0.6) is 5.75 Å². The van der Waals surface area contributed by atoms with Crippen LogP contribution in [0.2, 0.25) is 0 Å². The number of ether oxygens (including phenoxy) is 4. The van der Waals surface area contributed by atoms with Gasteiger partial charge in [0, 0.05) is 13.3 Å². The third-order valence-corrected chi connectivity index (χ3v) is 5.34. The summed E-state index contributed by atoms with van der Waals surface area (Å²) in [6.45, 7) is -0.167. The van der Waals surface area contributed by atoms with Crippen molar-refractivity contribution in [3.63, 3.8) is 0 Å². The monoisotopic (exact) mass is 459 g/mol. The second kappa shape index (κ2) is 10.4. The summed E-state index contributed by atoms with van der Waals surface area (Å²) in [6.07, 6.45) is -11.6. The molecule has 0 bridgehead atoms. The highest BCUT2D eigenvalue weighted by molar-refractivity contribution is 5.73. The summed E-state index contributed by atoms with van der Waals surface area (Å²) >= 11 is 0. The maximum Gasteiger partial charge on any atom is 0.251 e. The van der Waals surface area contributed by atoms with E-state index in [-0.39, 0.29) is 12.2 Å². The van der Waals surface area contributed by atoms with Crippen LogP contribution in [-0.4, -0.2) is 105 Å². The molecule has 1 aromatic carbocycles. The fourth-order valence-electron chi connectivity index (χ4n) is 3.74. The number of hydrogen-bond acceptors (Lipinski definition) is 11. The Morgan fingerprint density at radius 2 is 1.72 bits per heavy atom. The highest BCUT2D eigenvalue weighted by Gasteiger charge is 2.59. The van der Waals surface area contributed by atoms with Crippen LogP contribution in [0.3, 0.4) is 0 Å². The number of aliphatic hydroxyl groups excluding tert-OH is 5. The molecule has 180 valence electrons. The normalized spacial score (nSPS) is 40.0. The van der Waals surface area contributed by atoms with Gasteiger partial charge in [0.2, 0.25) is 11.6 Å². The average molecular weight is 459 g/mol. The first-order valence-corrected chi connectivity index (χ1v) is 10.1. The molecule has 2 fully saturated rings. The zero-order chi connectivity index (χ0) is 23.5. The zero-order valence-electron chi connectivity index (χ0n) is 17.4. The standard InChI is InChI=1S/C20H29NO11/c1-10(24)21-20(28)18(32-15-7-12(25)16(26)13(8-22)30-15)17(27)14(9-23)31-19(20)29-11-5-3-2-4-6-11/h2-6,12-19,22-23,25-28H,7-9H2,1H3,(H,21,24)/t12-,13-,14-,15+,16-,17+,18+,19+,20-/m1/s1. The SMILES string of the molecule is CC(=O)N[C@]1(O)[C@@H](Oc2ccccc2)O[C@H](CO)[C@H](O)[C@@H]1O[C@H]1C[C@@H](O)[C@@H](O)[C@@H](CO)O1. The molecular formula is C20H29NO11. The number of nitrogens with one attached hydrogen (secondary N) is 1. The van der Waals surface area contributed by atoms with Crippen LogP contribution in [-0.2, 0) is 19.0 Å². The summed E-state index contributed by atoms with van der Waals surface area (Å²) < 4.78 is 22.4. The van der Waals surface area contributed by atoms with E-state index in [9.17, 15) is 35.4 Å². The van der Waals surface area contributed by atoms with Crippen molar-refractivity contribution in [3.8, 4) is 5.75 Å². The predicted octanol–water partition coefficient (Wildman–Crippen LogP) is -2.82. The van der Waals surface area contributed by atoms with Crippen LogP contribution in [0.25, 0.3) is 0 Å². The van der Waals surface area contributed by atoms with Crippen LogP contribution >= 0.6 is 0 Å². The largest absolute Gasteiger partial charge is 0.460 e. The molecule has 12 nitrogen and oxygen atoms in total. The third-order valence-electron chi connectivity index (χ3n) is 5.34. The fourth-order valence-corrected chi connectivity index (χ4v) is 3.74. The second-order valence-electron chi connectivity index (χ2n) is 7.75. The Bertz CT molecular complexity index is 752. The van der Waals surface area contributed by atoms with Crippen LogP contribution in [0.15, 0.2) is 30.3 Å². The molecule has 9 atom stereocenters. The lowest BCUT2D eigenvalue weighted by atomic mass is 9.92. The maximum atomic E-state index is 11.9. The van der Waals surface area contributed by atoms with Gasteiger partial charge in [0.1, 0.15) is 36.3 Å². The molecule has 0 saturated carbocycles. The van der Waals surface area contributed by atoms with Gasteiger partial charge in [-0.15, -0.1) is 0 Å². The molecule has 0 aliphatic carbocycles. The van der Waals surface area contributed by atoms with Crippen molar-refractivity contribution >= 4 is 5.91 Å². The van der Waals surface area contributed by atoms with Gasteiger partial charge in [0.25, 0.3) is 6.29 Å². The summed E-state index contributed by atoms with van der Waals surface area (Å²) in [6, 6.07) is 8.21. The van der Waals surface area contributed by atoms with Crippen molar-refractivity contribution in [2.24, 2.45) is 0 Å². The van der Waals surface area contributed by atoms with E-state index in [4.69, 9.17) is 18.9 Å². The molecule has 0 radical (unpaired) electrons. The number of rotatable bonds is 7. The number of carbonyl (C=O) groups excluding carboxylic acids is 1. The van der Waals surface area contributed by atoms with Gasteiger partial charge < -0.3 is 54.9 Å². The van der Waals surface area contributed by atoms with Crippen LogP contribution < -0.4 is 10.1 Å². The summed E-state index contributed by atoms with van der Waals surface area (Å²) in [5, 5.41) is 63.4. The molecule has 1 amide bonds. The topological polar surface area (TPSA) is 187 Å². The van der Waals surface area contributed by atoms with E-state index in [0.29, 0.717) is 0 Å². The number of hydrogen-bond donors (Lipinski definition) is 7. The maximum absolute atomic E-state index is 11.9. The summed E-state index contributed by atoms with van der Waals surface area (Å²) in [5.41, 5.74) is -2.45. The smallest absolute Gasteiger partial charge is 0.251 e. The van der Waals surface area contributed by atoms with Gasteiger partial charge in [0.05, 0.1) is 19.3 Å². The quantitative estimate of drug-likeness (QED) is 0.208. The highest BCUT2D eigenvalue weighted by Crippen LogP contribution is 2.34. The Hall–Kier alpha value is -1.87. The minimum Gasteiger partial charge on any atom is -0.460 e. The van der Waals surface area contributed by atoms with Gasteiger partial charge in [0.15, 0.2) is 6.29 Å². The van der Waals surface area contributed by atoms with Crippen molar-refractivity contribution in [2.45, 2.75) is 68.3 Å². The first-order chi connectivity index (χ1) is 15.2. The van der Waals surface area contributed by atoms with Gasteiger partial charge >= 0.3 is 0 Å². The van der Waals surface area contributed by atoms with E-state index >= 15 is 0 Å². The van der Waals surface area contributed by atoms with Gasteiger partial charge in [-0.2, -0.15) is 0 Å². The predicted molar refractivity (Wildman–Crippen MR) is 105 cm³/mol. The van der Waals surface area contributed by atoms with E-state index in [0.717, 1.165) is 6.92 Å². The van der Waals surface area contributed by atoms with Crippen molar-refractivity contribution in [2.75, 3.05) is 13.2 Å². The lowest BCUT2D eigenvalue weighted by Crippen LogP contribution is -2.75. The van der Waals surface area contributed by atoms with Crippen molar-refractivity contribution < 1.29 is 54.4 Å². The summed E-state index contributed by atoms with van der Waals surface area (Å²) in [4.78, 5) is 11.9. The lowest BCUT2D eigenvalue weighted by Gasteiger charge is -2.50. The minimum absolute atomic E-state index is 0.258. The number of carbonyl (C=O) groups is 1. The number of benzene rings is 1. The first-order valence-electron chi connectivity index (χ1n) is 10.1. The van der Waals surface area contributed by atoms with E-state index in [1.807, 2.05) is 0 Å². The van der Waals surface area contributed by atoms with Gasteiger partial charge in [-0.1, -0.05) is 18.2 Å². The molecule has 12 heteroatoms. The molecule has 2 aliphatic heterocycles. The number of amides is 1. The molecule has 7 N–H and O–H groups in total. The minimum atomic E-state index is -2.45. The van der Waals surface area contributed by atoms with Crippen molar-refractivity contribution in [1.29, 1.82) is 0 Å². The molecule has 0 aromatic heterocycles. The van der Waals surface area contributed by atoms with Gasteiger partial charge in [-0.05, 0) is 12.1 Å². The molecule has 0 spiro atoms. The molecular weight excluding hydrogens is 430 g/mol. The summed E-state index contributed by atoms with van der Waals surface area (Å²) in [7, 11) is 0. The van der Waals surface area contributed by atoms with Gasteiger partial charge in [-0.25, -0.2) is 0 Å². The molecule has 0 unspecified atom stereocenters. The van der Waals surface area contributed by atoms with Crippen LogP contribution in [0.4, 0.5) is 0 Å². The average Bonchev–Trinajstić information content (AvgIpc) is 2.75. The Balaban J connectivity index is 1.91. The zero-order valence-corrected chi connectivity index (χ0v) is 17.4. The number of aliphatic hydroxyl groups is 6. The second-order valence-corrected chi connectivity index (χ2v) is 7.75. The Morgan fingerprint density at radius 1 is 1.09 bits per heavy atom. The Kier molecular flexibility index (Phi) is 8.03. The van der Waals surface area contributed by atoms with Crippen LogP contribution in [0, 0.1) is 0 Å². The third kappa shape index (κ3) is 5.20. The fraction of sp³-hybridized carbons (Fsp3) is 0.650. The van der Waals surface area contributed by atoms with Gasteiger partial charge in [-0.3, -0.25) is 4.79 Å². The highest BCUT2D eigenvalue weighted by atomic mass is 16.7. The molecule has 2 aliphatic rings. The number of para-hydroxylation sites is 1. The van der Waals surface area contributed by atoms with E-state index in [1.165, 1.54) is 0 Å². The van der Waals surface area contributed by atoms with E-state index in [2.05, 4.69) is 5.32 Å². The molecule has 32 heavy (non-hydrogen) atoms. The summed E-state index contributed by atoms with van der Waals surface area (Å²) in [5.74, 6) is -0.435. The lowest BCUT2D eigenvalue weighted by molar-refractivity contribution is -0.366. The van der Waals surface area contributed by atoms with Crippen molar-refractivity contribution in [3.05, 3.63) is 30.3 Å². The molecule has 1 aromatic rings.